The van der Waals surface area contributed by atoms with Gasteiger partial charge in [-0.1, -0.05) is 41.9 Å². The van der Waals surface area contributed by atoms with Crippen molar-refractivity contribution in [3.8, 4) is 11.1 Å². The highest BCUT2D eigenvalue weighted by atomic mass is 35.5. The Morgan fingerprint density at radius 3 is 2.38 bits per heavy atom. The number of nitrogens with one attached hydrogen (secondary N) is 1. The van der Waals surface area contributed by atoms with Crippen LogP contribution < -0.4 is 11.1 Å². The number of carbonyl (C=O) groups excluding carboxylic acids is 2. The summed E-state index contributed by atoms with van der Waals surface area (Å²) in [5, 5.41) is 13.6. The summed E-state index contributed by atoms with van der Waals surface area (Å²) in [5.74, 6) is -0.748. The Bertz CT molecular complexity index is 818. The number of benzene rings is 2. The predicted molar refractivity (Wildman–Crippen MR) is 101 cm³/mol. The molecular weight excluding hydrogens is 354 g/mol. The number of nitrogens with two attached hydrogens (primary N) is 1. The van der Waals surface area contributed by atoms with Crippen molar-refractivity contribution in [1.29, 1.82) is 0 Å². The number of primary amides is 1. The van der Waals surface area contributed by atoms with Crippen LogP contribution in [-0.2, 0) is 4.79 Å². The lowest BCUT2D eigenvalue weighted by molar-refractivity contribution is -0.140. The van der Waals surface area contributed by atoms with E-state index in [0.717, 1.165) is 11.1 Å². The summed E-state index contributed by atoms with van der Waals surface area (Å²) in [6, 6.07) is 14.6. The van der Waals surface area contributed by atoms with Crippen molar-refractivity contribution in [2.75, 3.05) is 18.4 Å². The number of likely N-dealkylation sites (tertiary alicyclic amines) is 1. The van der Waals surface area contributed by atoms with E-state index in [1.54, 1.807) is 23.1 Å². The number of nitrogens with zero attached hydrogens (tertiary/aromatic N) is 1. The number of amides is 3. The van der Waals surface area contributed by atoms with Gasteiger partial charge in [-0.15, -0.1) is 0 Å². The van der Waals surface area contributed by atoms with E-state index >= 15 is 0 Å². The summed E-state index contributed by atoms with van der Waals surface area (Å²) in [5.41, 5.74) is 6.08. The molecular formula is C19H20ClN3O3. The van der Waals surface area contributed by atoms with E-state index in [9.17, 15) is 14.7 Å². The quantitative estimate of drug-likeness (QED) is 0.771. The van der Waals surface area contributed by atoms with Gasteiger partial charge in [-0.3, -0.25) is 4.79 Å². The first-order valence-electron chi connectivity index (χ1n) is 8.32. The van der Waals surface area contributed by atoms with Crippen LogP contribution in [-0.4, -0.2) is 40.6 Å². The van der Waals surface area contributed by atoms with Gasteiger partial charge in [0.05, 0.1) is 5.69 Å². The van der Waals surface area contributed by atoms with Gasteiger partial charge in [-0.05, 0) is 23.8 Å². The highest BCUT2D eigenvalue weighted by Gasteiger charge is 2.38. The maximum absolute atomic E-state index is 12.6. The smallest absolute Gasteiger partial charge is 0.321 e. The summed E-state index contributed by atoms with van der Waals surface area (Å²) in [4.78, 5) is 25.5. The van der Waals surface area contributed by atoms with Crippen LogP contribution in [0.5, 0.6) is 0 Å². The predicted octanol–water partition coefficient (Wildman–Crippen LogP) is 2.85. The summed E-state index contributed by atoms with van der Waals surface area (Å²) in [6.45, 7) is 0.499. The monoisotopic (exact) mass is 373 g/mol. The van der Waals surface area contributed by atoms with Crippen molar-refractivity contribution in [3.05, 3.63) is 53.6 Å². The first-order valence-corrected chi connectivity index (χ1v) is 8.70. The summed E-state index contributed by atoms with van der Waals surface area (Å²) < 4.78 is 0. The van der Waals surface area contributed by atoms with E-state index in [-0.39, 0.29) is 32.0 Å². The summed E-state index contributed by atoms with van der Waals surface area (Å²) in [7, 11) is 0. The zero-order chi connectivity index (χ0) is 18.7. The van der Waals surface area contributed by atoms with Gasteiger partial charge in [-0.25, -0.2) is 4.79 Å². The first kappa shape index (κ1) is 18.2. The van der Waals surface area contributed by atoms with Crippen molar-refractivity contribution in [1.82, 2.24) is 4.90 Å². The molecule has 0 radical (unpaired) electrons. The van der Waals surface area contributed by atoms with Crippen LogP contribution >= 0.6 is 11.6 Å². The molecule has 1 aliphatic heterocycles. The molecule has 4 N–H and O–H groups in total. The molecule has 0 bridgehead atoms. The largest absolute Gasteiger partial charge is 0.380 e. The number of aliphatic hydroxyl groups is 1. The van der Waals surface area contributed by atoms with Crippen molar-refractivity contribution in [3.63, 3.8) is 0 Å². The minimum atomic E-state index is -1.54. The van der Waals surface area contributed by atoms with Gasteiger partial charge in [-0.2, -0.15) is 0 Å². The fourth-order valence-electron chi connectivity index (χ4n) is 3.00. The summed E-state index contributed by atoms with van der Waals surface area (Å²) >= 11 is 6.12. The molecule has 1 saturated heterocycles. The topological polar surface area (TPSA) is 95.7 Å². The highest BCUT2D eigenvalue weighted by Crippen LogP contribution is 2.31. The second-order valence-corrected chi connectivity index (χ2v) is 6.81. The Hall–Kier alpha value is -2.57. The standard InChI is InChI=1S/C19H20ClN3O3/c20-14-6-7-16(15(12-14)13-4-2-1-3-5-13)22-18(25)23-10-8-19(26,9-11-23)17(21)24/h1-7,12,26H,8-11H2,(H2,21,24)(H,22,25). The second-order valence-electron chi connectivity index (χ2n) is 6.37. The molecule has 26 heavy (non-hydrogen) atoms. The van der Waals surface area contributed by atoms with Crippen LogP contribution in [0.2, 0.25) is 5.02 Å². The molecule has 0 atom stereocenters. The Morgan fingerprint density at radius 1 is 1.12 bits per heavy atom. The number of rotatable bonds is 3. The Labute approximate surface area is 156 Å². The van der Waals surface area contributed by atoms with Crippen LogP contribution in [0, 0.1) is 0 Å². The molecule has 1 heterocycles. The summed E-state index contributed by atoms with van der Waals surface area (Å²) in [6.07, 6.45) is 0.254. The van der Waals surface area contributed by atoms with E-state index in [1.165, 1.54) is 0 Å². The SMILES string of the molecule is NC(=O)C1(O)CCN(C(=O)Nc2ccc(Cl)cc2-c2ccccc2)CC1. The number of piperidine rings is 1. The molecule has 6 nitrogen and oxygen atoms in total. The van der Waals surface area contributed by atoms with Gasteiger partial charge in [0, 0.05) is 36.5 Å². The van der Waals surface area contributed by atoms with Crippen molar-refractivity contribution >= 4 is 29.2 Å². The molecule has 136 valence electrons. The molecule has 7 heteroatoms. The molecule has 0 saturated carbocycles. The number of hydrogen-bond acceptors (Lipinski definition) is 3. The van der Waals surface area contributed by atoms with Gasteiger partial charge in [0.25, 0.3) is 0 Å². The van der Waals surface area contributed by atoms with Crippen LogP contribution in [0.25, 0.3) is 11.1 Å². The third-order valence-electron chi connectivity index (χ3n) is 4.64. The molecule has 2 aromatic rings. The second kappa shape index (κ2) is 7.35. The normalized spacial score (nSPS) is 16.2. The molecule has 0 spiro atoms. The van der Waals surface area contributed by atoms with Crippen molar-refractivity contribution in [2.24, 2.45) is 5.73 Å². The van der Waals surface area contributed by atoms with Crippen LogP contribution in [0.1, 0.15) is 12.8 Å². The fraction of sp³-hybridized carbons (Fsp3) is 0.263. The average molecular weight is 374 g/mol. The Balaban J connectivity index is 1.76. The van der Waals surface area contributed by atoms with Crippen LogP contribution in [0.3, 0.4) is 0 Å². The molecule has 0 aliphatic carbocycles. The number of anilines is 1. The van der Waals surface area contributed by atoms with Gasteiger partial charge in [0.1, 0.15) is 5.60 Å². The van der Waals surface area contributed by atoms with Gasteiger partial charge >= 0.3 is 6.03 Å². The minimum Gasteiger partial charge on any atom is -0.380 e. The minimum absolute atomic E-state index is 0.127. The molecule has 2 aromatic carbocycles. The molecule has 0 unspecified atom stereocenters. The highest BCUT2D eigenvalue weighted by molar-refractivity contribution is 6.31. The lowest BCUT2D eigenvalue weighted by Crippen LogP contribution is -2.54. The first-order chi connectivity index (χ1) is 12.4. The van der Waals surface area contributed by atoms with E-state index in [2.05, 4.69) is 5.32 Å². The molecule has 1 aliphatic rings. The van der Waals surface area contributed by atoms with Crippen molar-refractivity contribution < 1.29 is 14.7 Å². The average Bonchev–Trinajstić information content (AvgIpc) is 2.64. The van der Waals surface area contributed by atoms with Crippen LogP contribution in [0.15, 0.2) is 48.5 Å². The van der Waals surface area contributed by atoms with Crippen LogP contribution in [0.4, 0.5) is 10.5 Å². The number of urea groups is 1. The van der Waals surface area contributed by atoms with Gasteiger partial charge < -0.3 is 21.1 Å². The number of carbonyl (C=O) groups is 2. The lowest BCUT2D eigenvalue weighted by atomic mass is 9.91. The number of hydrogen-bond donors (Lipinski definition) is 3. The third kappa shape index (κ3) is 3.81. The van der Waals surface area contributed by atoms with E-state index in [4.69, 9.17) is 17.3 Å². The van der Waals surface area contributed by atoms with E-state index < -0.39 is 11.5 Å². The Morgan fingerprint density at radius 2 is 1.77 bits per heavy atom. The molecule has 1 fully saturated rings. The molecule has 3 amide bonds. The molecule has 0 aromatic heterocycles. The fourth-order valence-corrected chi connectivity index (χ4v) is 3.17. The molecule has 3 rings (SSSR count). The van der Waals surface area contributed by atoms with E-state index in [1.807, 2.05) is 30.3 Å². The number of halogens is 1. The maximum atomic E-state index is 12.6. The van der Waals surface area contributed by atoms with Gasteiger partial charge in [0.15, 0.2) is 0 Å². The maximum Gasteiger partial charge on any atom is 0.321 e. The third-order valence-corrected chi connectivity index (χ3v) is 4.88. The zero-order valence-corrected chi connectivity index (χ0v) is 14.9. The Kier molecular flexibility index (Phi) is 5.15. The lowest BCUT2D eigenvalue weighted by Gasteiger charge is -2.36. The zero-order valence-electron chi connectivity index (χ0n) is 14.1. The van der Waals surface area contributed by atoms with Gasteiger partial charge in [0.2, 0.25) is 5.91 Å². The van der Waals surface area contributed by atoms with E-state index in [0.29, 0.717) is 10.7 Å². The van der Waals surface area contributed by atoms with Crippen molar-refractivity contribution in [2.45, 2.75) is 18.4 Å².